The second-order valence-corrected chi connectivity index (χ2v) is 8.25. The molecule has 3 aromatic heterocycles. The largest absolute Gasteiger partial charge is 0.263 e. The van der Waals surface area contributed by atoms with Gasteiger partial charge < -0.3 is 0 Å². The molecule has 1 fully saturated rings. The third-order valence-electron chi connectivity index (χ3n) is 4.68. The van der Waals surface area contributed by atoms with Crippen molar-refractivity contribution < 1.29 is 8.42 Å². The van der Waals surface area contributed by atoms with E-state index in [0.717, 1.165) is 29.6 Å². The van der Waals surface area contributed by atoms with Crippen LogP contribution in [-0.4, -0.2) is 45.6 Å². The van der Waals surface area contributed by atoms with Gasteiger partial charge in [-0.2, -0.15) is 9.40 Å². The molecule has 0 bridgehead atoms. The van der Waals surface area contributed by atoms with Crippen molar-refractivity contribution in [3.63, 3.8) is 0 Å². The topological polar surface area (TPSA) is 81.0 Å². The molecule has 1 atom stereocenters. The number of pyridine rings is 2. The predicted molar refractivity (Wildman–Crippen MR) is 93.5 cm³/mol. The monoisotopic (exact) mass is 357 g/mol. The Hall–Kier alpha value is -2.32. The van der Waals surface area contributed by atoms with Crippen LogP contribution >= 0.6 is 0 Å². The lowest BCUT2D eigenvalue weighted by Crippen LogP contribution is -2.39. The van der Waals surface area contributed by atoms with Crippen LogP contribution < -0.4 is 0 Å². The van der Waals surface area contributed by atoms with Crippen LogP contribution in [0, 0.1) is 0 Å². The number of aromatic nitrogens is 4. The zero-order valence-corrected chi connectivity index (χ0v) is 14.7. The first-order valence-electron chi connectivity index (χ1n) is 8.24. The van der Waals surface area contributed by atoms with Crippen LogP contribution in [0.3, 0.4) is 0 Å². The molecule has 4 rings (SSSR count). The second-order valence-electron chi connectivity index (χ2n) is 6.31. The molecular formula is C17H19N5O2S. The summed E-state index contributed by atoms with van der Waals surface area (Å²) in [6, 6.07) is 7.21. The number of hydrogen-bond acceptors (Lipinski definition) is 5. The van der Waals surface area contributed by atoms with E-state index in [1.54, 1.807) is 33.5 Å². The number of fused-ring (bicyclic) bond motifs is 1. The van der Waals surface area contributed by atoms with E-state index in [1.165, 1.54) is 6.20 Å². The average Bonchev–Trinajstić information content (AvgIpc) is 3.03. The number of aryl methyl sites for hydroxylation is 1. The molecule has 0 aliphatic carbocycles. The van der Waals surface area contributed by atoms with Crippen molar-refractivity contribution in [3.8, 4) is 0 Å². The minimum absolute atomic E-state index is 0.0829. The molecule has 4 heterocycles. The van der Waals surface area contributed by atoms with Crippen molar-refractivity contribution in [3.05, 3.63) is 48.5 Å². The maximum Gasteiger partial charge on any atom is 0.244 e. The zero-order valence-electron chi connectivity index (χ0n) is 13.9. The van der Waals surface area contributed by atoms with Gasteiger partial charge in [0.05, 0.1) is 6.20 Å². The van der Waals surface area contributed by atoms with Gasteiger partial charge in [0.15, 0.2) is 5.65 Å². The van der Waals surface area contributed by atoms with Crippen molar-refractivity contribution in [1.82, 2.24) is 24.1 Å². The Balaban J connectivity index is 1.63. The normalized spacial score (nSPS) is 19.3. The van der Waals surface area contributed by atoms with Gasteiger partial charge in [-0.1, -0.05) is 0 Å². The minimum atomic E-state index is -3.52. The van der Waals surface area contributed by atoms with Gasteiger partial charge in [0.2, 0.25) is 10.0 Å². The fourth-order valence-corrected chi connectivity index (χ4v) is 4.80. The van der Waals surface area contributed by atoms with Gasteiger partial charge in [0.25, 0.3) is 0 Å². The molecule has 0 spiro atoms. The van der Waals surface area contributed by atoms with Crippen molar-refractivity contribution in [2.75, 3.05) is 13.1 Å². The number of hydrogen-bond donors (Lipinski definition) is 0. The molecule has 0 aromatic carbocycles. The highest BCUT2D eigenvalue weighted by Gasteiger charge is 2.31. The van der Waals surface area contributed by atoms with E-state index in [1.807, 2.05) is 19.2 Å². The highest BCUT2D eigenvalue weighted by molar-refractivity contribution is 7.89. The Labute approximate surface area is 146 Å². The first kappa shape index (κ1) is 16.2. The average molecular weight is 357 g/mol. The molecule has 3 aromatic rings. The summed E-state index contributed by atoms with van der Waals surface area (Å²) in [4.78, 5) is 8.89. The third-order valence-corrected chi connectivity index (χ3v) is 6.53. The molecule has 0 radical (unpaired) electrons. The molecule has 1 aliphatic rings. The summed E-state index contributed by atoms with van der Waals surface area (Å²) in [6.07, 6.45) is 6.50. The van der Waals surface area contributed by atoms with E-state index in [4.69, 9.17) is 4.98 Å². The Morgan fingerprint density at radius 3 is 2.88 bits per heavy atom. The number of piperidine rings is 1. The maximum atomic E-state index is 12.8. The number of nitrogens with zero attached hydrogens (tertiary/aromatic N) is 5. The molecule has 1 unspecified atom stereocenters. The van der Waals surface area contributed by atoms with Gasteiger partial charge in [-0.05, 0) is 37.1 Å². The summed E-state index contributed by atoms with van der Waals surface area (Å²) >= 11 is 0. The van der Waals surface area contributed by atoms with Gasteiger partial charge >= 0.3 is 0 Å². The van der Waals surface area contributed by atoms with Gasteiger partial charge in [-0.25, -0.2) is 13.4 Å². The smallest absolute Gasteiger partial charge is 0.244 e. The van der Waals surface area contributed by atoms with Crippen LogP contribution in [0.15, 0.2) is 47.8 Å². The van der Waals surface area contributed by atoms with Crippen molar-refractivity contribution in [1.29, 1.82) is 0 Å². The first-order chi connectivity index (χ1) is 12.1. The molecule has 1 saturated heterocycles. The van der Waals surface area contributed by atoms with Gasteiger partial charge in [-0.3, -0.25) is 9.67 Å². The van der Waals surface area contributed by atoms with Crippen molar-refractivity contribution >= 4 is 21.1 Å². The van der Waals surface area contributed by atoms with Crippen LogP contribution in [0.2, 0.25) is 0 Å². The molecule has 130 valence electrons. The van der Waals surface area contributed by atoms with Crippen LogP contribution in [0.1, 0.15) is 24.5 Å². The summed E-state index contributed by atoms with van der Waals surface area (Å²) in [5, 5.41) is 5.20. The molecule has 8 heteroatoms. The van der Waals surface area contributed by atoms with E-state index in [9.17, 15) is 8.42 Å². The molecular weight excluding hydrogens is 338 g/mol. The summed E-state index contributed by atoms with van der Waals surface area (Å²) in [7, 11) is -1.66. The quantitative estimate of drug-likeness (QED) is 0.715. The lowest BCUT2D eigenvalue weighted by Gasteiger charge is -2.31. The maximum absolute atomic E-state index is 12.8. The van der Waals surface area contributed by atoms with Crippen LogP contribution in [-0.2, 0) is 17.1 Å². The molecule has 0 N–H and O–H groups in total. The fourth-order valence-electron chi connectivity index (χ4n) is 3.32. The molecule has 1 aliphatic heterocycles. The number of rotatable bonds is 3. The van der Waals surface area contributed by atoms with Gasteiger partial charge in [0, 0.05) is 49.5 Å². The lowest BCUT2D eigenvalue weighted by molar-refractivity contribution is 0.313. The number of sulfonamides is 1. The van der Waals surface area contributed by atoms with Gasteiger partial charge in [0.1, 0.15) is 4.90 Å². The SMILES string of the molecule is Cn1ncc2ccc(C3CCCN(S(=O)(=O)c4cccnc4)C3)nc21. The summed E-state index contributed by atoms with van der Waals surface area (Å²) in [5.74, 6) is 0.0829. The van der Waals surface area contributed by atoms with E-state index < -0.39 is 10.0 Å². The summed E-state index contributed by atoms with van der Waals surface area (Å²) < 4.78 is 29.0. The Morgan fingerprint density at radius 1 is 1.20 bits per heavy atom. The zero-order chi connectivity index (χ0) is 17.4. The van der Waals surface area contributed by atoms with E-state index in [-0.39, 0.29) is 10.8 Å². The minimum Gasteiger partial charge on any atom is -0.263 e. The highest BCUT2D eigenvalue weighted by atomic mass is 32.2. The Kier molecular flexibility index (Phi) is 4.01. The van der Waals surface area contributed by atoms with E-state index in [0.29, 0.717) is 13.1 Å². The van der Waals surface area contributed by atoms with Crippen LogP contribution in [0.25, 0.3) is 11.0 Å². The van der Waals surface area contributed by atoms with Crippen LogP contribution in [0.4, 0.5) is 0 Å². The molecule has 0 amide bonds. The van der Waals surface area contributed by atoms with Crippen molar-refractivity contribution in [2.24, 2.45) is 7.05 Å². The molecule has 0 saturated carbocycles. The highest BCUT2D eigenvalue weighted by Crippen LogP contribution is 2.30. The Bertz CT molecular complexity index is 1000. The van der Waals surface area contributed by atoms with Crippen LogP contribution in [0.5, 0.6) is 0 Å². The van der Waals surface area contributed by atoms with E-state index >= 15 is 0 Å². The molecule has 7 nitrogen and oxygen atoms in total. The lowest BCUT2D eigenvalue weighted by atomic mass is 9.95. The fraction of sp³-hybridized carbons (Fsp3) is 0.353. The summed E-state index contributed by atoms with van der Waals surface area (Å²) in [6.45, 7) is 0.968. The predicted octanol–water partition coefficient (Wildman–Crippen LogP) is 1.93. The van der Waals surface area contributed by atoms with E-state index in [2.05, 4.69) is 10.1 Å². The van der Waals surface area contributed by atoms with Crippen molar-refractivity contribution in [2.45, 2.75) is 23.7 Å². The standard InChI is InChI=1S/C17H19N5O2S/c1-21-17-13(10-19-21)6-7-16(20-17)14-4-3-9-22(12-14)25(23,24)15-5-2-8-18-11-15/h2,5-8,10-11,14H,3-4,9,12H2,1H3. The van der Waals surface area contributed by atoms with Gasteiger partial charge in [-0.15, -0.1) is 0 Å². The molecule has 25 heavy (non-hydrogen) atoms. The Morgan fingerprint density at radius 2 is 2.08 bits per heavy atom. The summed E-state index contributed by atoms with van der Waals surface area (Å²) in [5.41, 5.74) is 1.74. The first-order valence-corrected chi connectivity index (χ1v) is 9.68. The second kappa shape index (κ2) is 6.20. The third kappa shape index (κ3) is 2.91.